The Kier molecular flexibility index (Phi) is 5.23. The van der Waals surface area contributed by atoms with Gasteiger partial charge in [0.15, 0.2) is 0 Å². The number of halogens is 2. The van der Waals surface area contributed by atoms with Gasteiger partial charge in [0, 0.05) is 44.8 Å². The third-order valence-electron chi connectivity index (χ3n) is 4.73. The molecule has 1 unspecified atom stereocenters. The van der Waals surface area contributed by atoms with Gasteiger partial charge in [-0.1, -0.05) is 6.07 Å². The Morgan fingerprint density at radius 3 is 2.57 bits per heavy atom. The summed E-state index contributed by atoms with van der Waals surface area (Å²) in [6.45, 7) is 4.75. The normalized spacial score (nSPS) is 23.0. The highest BCUT2D eigenvalue weighted by Gasteiger charge is 2.30. The quantitative estimate of drug-likeness (QED) is 0.918. The summed E-state index contributed by atoms with van der Waals surface area (Å²) in [4.78, 5) is 16.5. The predicted octanol–water partition coefficient (Wildman–Crippen LogP) is 1.61. The Hall–Kier alpha value is -1.53. The zero-order chi connectivity index (χ0) is 16.2. The van der Waals surface area contributed by atoms with Gasteiger partial charge in [0.2, 0.25) is 5.91 Å². The van der Waals surface area contributed by atoms with E-state index in [1.165, 1.54) is 18.2 Å². The molecule has 1 atom stereocenters. The van der Waals surface area contributed by atoms with E-state index in [-0.39, 0.29) is 23.9 Å². The maximum atomic E-state index is 13.8. The first-order valence-corrected chi connectivity index (χ1v) is 8.30. The van der Waals surface area contributed by atoms with Crippen molar-refractivity contribution in [3.63, 3.8) is 0 Å². The van der Waals surface area contributed by atoms with Gasteiger partial charge in [-0.2, -0.15) is 0 Å². The van der Waals surface area contributed by atoms with Gasteiger partial charge in [0.1, 0.15) is 11.6 Å². The highest BCUT2D eigenvalue weighted by atomic mass is 19.1. The van der Waals surface area contributed by atoms with Gasteiger partial charge in [-0.25, -0.2) is 8.78 Å². The molecule has 3 rings (SSSR count). The van der Waals surface area contributed by atoms with E-state index in [2.05, 4.69) is 5.32 Å². The van der Waals surface area contributed by atoms with Crippen LogP contribution in [0.15, 0.2) is 18.2 Å². The fourth-order valence-corrected chi connectivity index (χ4v) is 3.45. The first kappa shape index (κ1) is 16.3. The van der Waals surface area contributed by atoms with Crippen LogP contribution in [0.1, 0.15) is 18.4 Å². The van der Waals surface area contributed by atoms with E-state index in [9.17, 15) is 13.6 Å². The van der Waals surface area contributed by atoms with Crippen LogP contribution in [0.4, 0.5) is 8.78 Å². The Labute approximate surface area is 135 Å². The van der Waals surface area contributed by atoms with Crippen LogP contribution in [0.5, 0.6) is 0 Å². The fraction of sp³-hybridized carbons (Fsp3) is 0.588. The Bertz CT molecular complexity index is 541. The van der Waals surface area contributed by atoms with Crippen molar-refractivity contribution in [2.75, 3.05) is 39.3 Å². The third kappa shape index (κ3) is 3.87. The number of benzene rings is 1. The van der Waals surface area contributed by atoms with E-state index in [1.54, 1.807) is 0 Å². The van der Waals surface area contributed by atoms with Gasteiger partial charge >= 0.3 is 0 Å². The number of likely N-dealkylation sites (tertiary alicyclic amines) is 1. The lowest BCUT2D eigenvalue weighted by Crippen LogP contribution is -2.51. The smallest absolute Gasteiger partial charge is 0.227 e. The molecule has 2 fully saturated rings. The molecule has 0 saturated carbocycles. The maximum Gasteiger partial charge on any atom is 0.227 e. The third-order valence-corrected chi connectivity index (χ3v) is 4.73. The van der Waals surface area contributed by atoms with E-state index in [0.29, 0.717) is 6.54 Å². The second-order valence-corrected chi connectivity index (χ2v) is 6.35. The van der Waals surface area contributed by atoms with E-state index in [1.807, 2.05) is 9.80 Å². The summed E-state index contributed by atoms with van der Waals surface area (Å²) in [6.07, 6.45) is 1.75. The maximum absolute atomic E-state index is 13.8. The minimum atomic E-state index is -0.513. The number of piperazine rings is 1. The van der Waals surface area contributed by atoms with Gasteiger partial charge in [-0.05, 0) is 31.5 Å². The average molecular weight is 323 g/mol. The van der Waals surface area contributed by atoms with E-state index < -0.39 is 11.6 Å². The zero-order valence-electron chi connectivity index (χ0n) is 13.2. The number of hydrogen-bond donors (Lipinski definition) is 1. The number of amides is 1. The number of nitrogens with zero attached hydrogens (tertiary/aromatic N) is 2. The second kappa shape index (κ2) is 7.36. The molecule has 0 radical (unpaired) electrons. The summed E-state index contributed by atoms with van der Waals surface area (Å²) >= 11 is 0. The molecule has 0 aliphatic carbocycles. The molecule has 0 bridgehead atoms. The summed E-state index contributed by atoms with van der Waals surface area (Å²) in [7, 11) is 0. The molecule has 1 N–H and O–H groups in total. The van der Waals surface area contributed by atoms with Gasteiger partial charge in [-0.15, -0.1) is 0 Å². The molecule has 1 amide bonds. The van der Waals surface area contributed by atoms with Crippen molar-refractivity contribution >= 4 is 5.91 Å². The molecule has 2 aliphatic rings. The summed E-state index contributed by atoms with van der Waals surface area (Å²) < 4.78 is 27.6. The van der Waals surface area contributed by atoms with Crippen molar-refractivity contribution in [1.29, 1.82) is 0 Å². The van der Waals surface area contributed by atoms with Crippen molar-refractivity contribution in [3.8, 4) is 0 Å². The monoisotopic (exact) mass is 323 g/mol. The summed E-state index contributed by atoms with van der Waals surface area (Å²) in [6, 6.07) is 3.94. The fourth-order valence-electron chi connectivity index (χ4n) is 3.45. The van der Waals surface area contributed by atoms with Gasteiger partial charge in [0.25, 0.3) is 0 Å². The van der Waals surface area contributed by atoms with Crippen LogP contribution in [0.25, 0.3) is 0 Å². The van der Waals surface area contributed by atoms with Crippen molar-refractivity contribution in [1.82, 2.24) is 15.1 Å². The molecule has 126 valence electrons. The lowest BCUT2D eigenvalue weighted by Gasteiger charge is -2.36. The molecule has 2 aliphatic heterocycles. The predicted molar refractivity (Wildman–Crippen MR) is 83.8 cm³/mol. The van der Waals surface area contributed by atoms with E-state index in [0.717, 1.165) is 45.6 Å². The first-order valence-electron chi connectivity index (χ1n) is 8.30. The number of carbonyl (C=O) groups is 1. The van der Waals surface area contributed by atoms with E-state index >= 15 is 0 Å². The lowest BCUT2D eigenvalue weighted by atomic mass is 9.95. The highest BCUT2D eigenvalue weighted by Crippen LogP contribution is 2.22. The van der Waals surface area contributed by atoms with Gasteiger partial charge < -0.3 is 10.2 Å². The number of piperidine rings is 1. The van der Waals surface area contributed by atoms with Crippen LogP contribution in [-0.2, 0) is 11.3 Å². The zero-order valence-corrected chi connectivity index (χ0v) is 13.2. The van der Waals surface area contributed by atoms with Crippen LogP contribution >= 0.6 is 0 Å². The van der Waals surface area contributed by atoms with Gasteiger partial charge in [-0.3, -0.25) is 9.69 Å². The van der Waals surface area contributed by atoms with Crippen molar-refractivity contribution in [2.24, 2.45) is 5.92 Å². The average Bonchev–Trinajstić information content (AvgIpc) is 2.59. The van der Waals surface area contributed by atoms with Crippen LogP contribution in [-0.4, -0.2) is 55.0 Å². The highest BCUT2D eigenvalue weighted by molar-refractivity contribution is 5.79. The van der Waals surface area contributed by atoms with Crippen molar-refractivity contribution in [3.05, 3.63) is 35.4 Å². The standard InChI is InChI=1S/C17H23F2N3O/c18-15-4-1-5-16(19)14(15)12-21-8-2-3-13(11-21)17(23)22-9-6-20-7-10-22/h1,4-5,13,20H,2-3,6-12H2. The molecule has 6 heteroatoms. The number of hydrogen-bond acceptors (Lipinski definition) is 3. The Morgan fingerprint density at radius 1 is 1.17 bits per heavy atom. The SMILES string of the molecule is O=C(C1CCCN(Cc2c(F)cccc2F)C1)N1CCNCC1. The Morgan fingerprint density at radius 2 is 1.87 bits per heavy atom. The molecule has 2 saturated heterocycles. The van der Waals surface area contributed by atoms with Crippen LogP contribution in [0, 0.1) is 17.6 Å². The molecule has 1 aromatic rings. The summed E-state index contributed by atoms with van der Waals surface area (Å²) in [5, 5.41) is 3.24. The van der Waals surface area contributed by atoms with Crippen molar-refractivity contribution < 1.29 is 13.6 Å². The topological polar surface area (TPSA) is 35.6 Å². The molecular weight excluding hydrogens is 300 g/mol. The largest absolute Gasteiger partial charge is 0.340 e. The molecule has 4 nitrogen and oxygen atoms in total. The van der Waals surface area contributed by atoms with Gasteiger partial charge in [0.05, 0.1) is 5.92 Å². The first-order chi connectivity index (χ1) is 11.1. The van der Waals surface area contributed by atoms with E-state index in [4.69, 9.17) is 0 Å². The summed E-state index contributed by atoms with van der Waals surface area (Å²) in [5.74, 6) is -0.900. The number of nitrogens with one attached hydrogen (secondary N) is 1. The molecule has 2 heterocycles. The van der Waals surface area contributed by atoms with Crippen LogP contribution in [0.2, 0.25) is 0 Å². The lowest BCUT2D eigenvalue weighted by molar-refractivity contribution is -0.138. The minimum Gasteiger partial charge on any atom is -0.340 e. The number of carbonyl (C=O) groups excluding carboxylic acids is 1. The van der Waals surface area contributed by atoms with Crippen molar-refractivity contribution in [2.45, 2.75) is 19.4 Å². The molecule has 0 spiro atoms. The summed E-state index contributed by atoms with van der Waals surface area (Å²) in [5.41, 5.74) is 0.0998. The Balaban J connectivity index is 1.63. The number of rotatable bonds is 3. The minimum absolute atomic E-state index is 0.0586. The van der Waals surface area contributed by atoms with Crippen LogP contribution in [0.3, 0.4) is 0 Å². The van der Waals surface area contributed by atoms with Crippen LogP contribution < -0.4 is 5.32 Å². The molecule has 23 heavy (non-hydrogen) atoms. The molecule has 0 aromatic heterocycles. The second-order valence-electron chi connectivity index (χ2n) is 6.35. The molecular formula is C17H23F2N3O. The molecule has 1 aromatic carbocycles.